The number of benzene rings is 1. The normalized spacial score (nSPS) is 12.9. The van der Waals surface area contributed by atoms with Gasteiger partial charge in [0.15, 0.2) is 5.75 Å². The van der Waals surface area contributed by atoms with E-state index in [2.05, 4.69) is 47.6 Å². The molecule has 0 N–H and O–H groups in total. The minimum Gasteiger partial charge on any atom is -0.290 e. The first-order valence-corrected chi connectivity index (χ1v) is 5.45. The lowest BCUT2D eigenvalue weighted by Gasteiger charge is -2.29. The summed E-state index contributed by atoms with van der Waals surface area (Å²) in [5, 5.41) is 11.9. The summed E-state index contributed by atoms with van der Waals surface area (Å²) in [7, 11) is 0. The van der Waals surface area contributed by atoms with Crippen LogP contribution in [0.15, 0.2) is 18.2 Å². The Balaban J connectivity index is 3.48. The summed E-state index contributed by atoms with van der Waals surface area (Å²) >= 11 is 0. The van der Waals surface area contributed by atoms with Gasteiger partial charge in [-0.2, -0.15) is 0 Å². The molecule has 1 aromatic carbocycles. The van der Waals surface area contributed by atoms with E-state index in [-0.39, 0.29) is 16.6 Å². The van der Waals surface area contributed by atoms with Gasteiger partial charge in [0.1, 0.15) is 0 Å². The minimum absolute atomic E-state index is 0.0308. The van der Waals surface area contributed by atoms with Crippen LogP contribution in [0.25, 0.3) is 0 Å². The first-order valence-electron chi connectivity index (χ1n) is 5.45. The second-order valence-electron chi connectivity index (χ2n) is 6.18. The van der Waals surface area contributed by atoms with Gasteiger partial charge in [0, 0.05) is 5.56 Å². The van der Waals surface area contributed by atoms with E-state index in [0.29, 0.717) is 0 Å². The molecule has 83 valence electrons. The smallest absolute Gasteiger partial charge is 0.182 e. The SMILES string of the molecule is CC(C)(C)c1cccc([O])c1C(C)(C)C. The van der Waals surface area contributed by atoms with Crippen molar-refractivity contribution in [3.63, 3.8) is 0 Å². The van der Waals surface area contributed by atoms with Gasteiger partial charge in [-0.15, -0.1) is 0 Å². The van der Waals surface area contributed by atoms with Gasteiger partial charge >= 0.3 is 0 Å². The van der Waals surface area contributed by atoms with E-state index >= 15 is 0 Å². The first kappa shape index (κ1) is 12.1. The molecule has 0 atom stereocenters. The van der Waals surface area contributed by atoms with E-state index in [4.69, 9.17) is 0 Å². The number of hydrogen-bond donors (Lipinski definition) is 0. The molecule has 0 aliphatic heterocycles. The van der Waals surface area contributed by atoms with Gasteiger partial charge in [0.2, 0.25) is 0 Å². The Labute approximate surface area is 93.1 Å². The van der Waals surface area contributed by atoms with Crippen molar-refractivity contribution in [3.8, 4) is 5.75 Å². The lowest BCUT2D eigenvalue weighted by atomic mass is 9.75. The molecular weight excluding hydrogens is 184 g/mol. The summed E-state index contributed by atoms with van der Waals surface area (Å²) in [6.45, 7) is 12.7. The van der Waals surface area contributed by atoms with Crippen molar-refractivity contribution in [2.45, 2.75) is 52.4 Å². The molecule has 1 nitrogen and oxygen atoms in total. The lowest BCUT2D eigenvalue weighted by Crippen LogP contribution is -2.21. The predicted molar refractivity (Wildman–Crippen MR) is 64.0 cm³/mol. The molecule has 0 aromatic heterocycles. The van der Waals surface area contributed by atoms with Crippen LogP contribution in [0, 0.1) is 0 Å². The molecule has 0 bridgehead atoms. The molecule has 0 heterocycles. The van der Waals surface area contributed by atoms with Crippen molar-refractivity contribution in [1.82, 2.24) is 0 Å². The average molecular weight is 205 g/mol. The van der Waals surface area contributed by atoms with Crippen LogP contribution in [0.2, 0.25) is 0 Å². The molecule has 0 saturated carbocycles. The molecule has 1 aromatic rings. The monoisotopic (exact) mass is 205 g/mol. The quantitative estimate of drug-likeness (QED) is 0.597. The van der Waals surface area contributed by atoms with E-state index in [0.717, 1.165) is 5.56 Å². The zero-order valence-corrected chi connectivity index (χ0v) is 10.6. The number of rotatable bonds is 0. The molecular formula is C14H21O. The molecule has 0 aliphatic rings. The summed E-state index contributed by atoms with van der Waals surface area (Å²) in [6.07, 6.45) is 0. The standard InChI is InChI=1S/C14H21O/c1-13(2,3)10-8-7-9-11(15)12(10)14(4,5)6/h7-9H,1-6H3. The third-order valence-corrected chi connectivity index (χ3v) is 2.58. The number of hydrogen-bond acceptors (Lipinski definition) is 0. The van der Waals surface area contributed by atoms with E-state index in [1.165, 1.54) is 5.56 Å². The molecule has 15 heavy (non-hydrogen) atoms. The highest BCUT2D eigenvalue weighted by atomic mass is 16.3. The largest absolute Gasteiger partial charge is 0.290 e. The van der Waals surface area contributed by atoms with Crippen LogP contribution < -0.4 is 0 Å². The molecule has 1 heteroatoms. The van der Waals surface area contributed by atoms with Gasteiger partial charge in [-0.05, 0) is 22.5 Å². The van der Waals surface area contributed by atoms with E-state index in [1.54, 1.807) is 6.07 Å². The molecule has 0 amide bonds. The van der Waals surface area contributed by atoms with E-state index in [9.17, 15) is 5.11 Å². The van der Waals surface area contributed by atoms with E-state index < -0.39 is 0 Å². The highest BCUT2D eigenvalue weighted by molar-refractivity contribution is 5.46. The fourth-order valence-electron chi connectivity index (χ4n) is 1.93. The second kappa shape index (κ2) is 3.55. The summed E-state index contributed by atoms with van der Waals surface area (Å²) in [5.41, 5.74) is 2.07. The van der Waals surface area contributed by atoms with Crippen LogP contribution in [0.3, 0.4) is 0 Å². The summed E-state index contributed by atoms with van der Waals surface area (Å²) in [6, 6.07) is 5.59. The van der Waals surface area contributed by atoms with Gasteiger partial charge in [0.05, 0.1) is 0 Å². The Kier molecular flexibility index (Phi) is 2.86. The maximum Gasteiger partial charge on any atom is 0.182 e. The van der Waals surface area contributed by atoms with Crippen molar-refractivity contribution in [3.05, 3.63) is 29.3 Å². The van der Waals surface area contributed by atoms with Crippen LogP contribution in [0.5, 0.6) is 5.75 Å². The van der Waals surface area contributed by atoms with Gasteiger partial charge in [-0.1, -0.05) is 53.7 Å². The molecule has 0 fully saturated rings. The Hall–Kier alpha value is -0.980. The van der Waals surface area contributed by atoms with Crippen LogP contribution in [0.4, 0.5) is 0 Å². The van der Waals surface area contributed by atoms with Crippen molar-refractivity contribution in [2.75, 3.05) is 0 Å². The predicted octanol–water partition coefficient (Wildman–Crippen LogP) is 4.43. The topological polar surface area (TPSA) is 19.9 Å². The molecule has 0 aliphatic carbocycles. The molecule has 0 spiro atoms. The Bertz CT molecular complexity index is 351. The average Bonchev–Trinajstić information content (AvgIpc) is 1.99. The second-order valence-corrected chi connectivity index (χ2v) is 6.18. The molecule has 1 radical (unpaired) electrons. The highest BCUT2D eigenvalue weighted by Crippen LogP contribution is 2.39. The zero-order chi connectivity index (χ0) is 11.9. The van der Waals surface area contributed by atoms with E-state index in [1.807, 2.05) is 6.07 Å². The fourth-order valence-corrected chi connectivity index (χ4v) is 1.93. The lowest BCUT2D eigenvalue weighted by molar-refractivity contribution is 0.337. The van der Waals surface area contributed by atoms with Crippen molar-refractivity contribution >= 4 is 0 Å². The van der Waals surface area contributed by atoms with Gasteiger partial charge in [-0.3, -0.25) is 5.11 Å². The summed E-state index contributed by atoms with van der Waals surface area (Å²) < 4.78 is 0. The van der Waals surface area contributed by atoms with Crippen LogP contribution in [0.1, 0.15) is 52.7 Å². The highest BCUT2D eigenvalue weighted by Gasteiger charge is 2.28. The fraction of sp³-hybridized carbons (Fsp3) is 0.571. The zero-order valence-electron chi connectivity index (χ0n) is 10.6. The molecule has 0 saturated heterocycles. The van der Waals surface area contributed by atoms with Crippen molar-refractivity contribution < 1.29 is 5.11 Å². The maximum atomic E-state index is 11.9. The molecule has 1 rings (SSSR count). The first-order chi connectivity index (χ1) is 6.64. The molecule has 0 unspecified atom stereocenters. The third-order valence-electron chi connectivity index (χ3n) is 2.58. The van der Waals surface area contributed by atoms with Crippen molar-refractivity contribution in [2.24, 2.45) is 0 Å². The Morgan fingerprint density at radius 2 is 1.40 bits per heavy atom. The summed E-state index contributed by atoms with van der Waals surface area (Å²) in [4.78, 5) is 0. The summed E-state index contributed by atoms with van der Waals surface area (Å²) in [5.74, 6) is 0.162. The Morgan fingerprint density at radius 1 is 0.867 bits per heavy atom. The van der Waals surface area contributed by atoms with Crippen LogP contribution in [-0.4, -0.2) is 0 Å². The third kappa shape index (κ3) is 2.53. The minimum atomic E-state index is -0.0824. The van der Waals surface area contributed by atoms with Gasteiger partial charge in [0.25, 0.3) is 0 Å². The Morgan fingerprint density at radius 3 is 1.73 bits per heavy atom. The van der Waals surface area contributed by atoms with Crippen LogP contribution >= 0.6 is 0 Å². The van der Waals surface area contributed by atoms with Gasteiger partial charge < -0.3 is 0 Å². The van der Waals surface area contributed by atoms with Crippen molar-refractivity contribution in [1.29, 1.82) is 0 Å². The van der Waals surface area contributed by atoms with Gasteiger partial charge in [-0.25, -0.2) is 0 Å². The maximum absolute atomic E-state index is 11.9. The van der Waals surface area contributed by atoms with Crippen LogP contribution in [-0.2, 0) is 15.9 Å².